The summed E-state index contributed by atoms with van der Waals surface area (Å²) in [5.74, 6) is 0. The second-order valence-electron chi connectivity index (χ2n) is 4.34. The molecule has 3 aromatic rings. The first kappa shape index (κ1) is 17.0. The predicted octanol–water partition coefficient (Wildman–Crippen LogP) is 5.51. The molecule has 0 fully saturated rings. The van der Waals surface area contributed by atoms with Crippen molar-refractivity contribution in [2.45, 2.75) is 41.0 Å². The van der Waals surface area contributed by atoms with Gasteiger partial charge >= 0.3 is 0 Å². The van der Waals surface area contributed by atoms with E-state index in [1.54, 1.807) is 0 Å². The molecule has 0 amide bonds. The van der Waals surface area contributed by atoms with Crippen molar-refractivity contribution < 1.29 is 0 Å². The van der Waals surface area contributed by atoms with E-state index < -0.39 is 0 Å². The molecule has 0 aliphatic rings. The fourth-order valence-corrected chi connectivity index (χ4v) is 2.17. The molecule has 2 aromatic carbocycles. The maximum atomic E-state index is 4.39. The van der Waals surface area contributed by atoms with Crippen molar-refractivity contribution >= 4 is 10.9 Å². The summed E-state index contributed by atoms with van der Waals surface area (Å²) in [7, 11) is 0. The molecule has 2 heteroatoms. The average Bonchev–Trinajstić information content (AvgIpc) is 2.97. The topological polar surface area (TPSA) is 28.7 Å². The number of rotatable bonds is 2. The summed E-state index contributed by atoms with van der Waals surface area (Å²) in [6.07, 6.45) is 0.904. The molecule has 0 atom stereocenters. The number of aryl methyl sites for hydroxylation is 1. The molecule has 3 rings (SSSR count). The second kappa shape index (κ2) is 8.96. The highest BCUT2D eigenvalue weighted by Crippen LogP contribution is 2.21. The minimum absolute atomic E-state index is 0.904. The van der Waals surface area contributed by atoms with E-state index in [1.807, 2.05) is 33.8 Å². The van der Waals surface area contributed by atoms with Crippen LogP contribution in [0.2, 0.25) is 0 Å². The number of nitrogens with one attached hydrogen (secondary N) is 1. The third-order valence-electron chi connectivity index (χ3n) is 3.09. The van der Waals surface area contributed by atoms with E-state index in [0.717, 1.165) is 11.9 Å². The zero-order valence-electron chi connectivity index (χ0n) is 13.8. The number of H-pyrrole nitrogens is 1. The fourth-order valence-electron chi connectivity index (χ4n) is 2.17. The van der Waals surface area contributed by atoms with Crippen LogP contribution < -0.4 is 0 Å². The molecule has 0 aliphatic heterocycles. The van der Waals surface area contributed by atoms with Gasteiger partial charge in [-0.25, -0.2) is 0 Å². The maximum Gasteiger partial charge on any atom is 0.0952 e. The Kier molecular flexibility index (Phi) is 7.24. The predicted molar refractivity (Wildman–Crippen MR) is 92.8 cm³/mol. The van der Waals surface area contributed by atoms with Gasteiger partial charge in [0.1, 0.15) is 0 Å². The lowest BCUT2D eigenvalue weighted by Gasteiger charge is -1.99. The number of fused-ring (bicyclic) bond motifs is 1. The zero-order valence-corrected chi connectivity index (χ0v) is 13.8. The molecule has 112 valence electrons. The van der Waals surface area contributed by atoms with Gasteiger partial charge in [0.25, 0.3) is 0 Å². The van der Waals surface area contributed by atoms with Crippen molar-refractivity contribution in [2.24, 2.45) is 0 Å². The number of aromatic nitrogens is 2. The van der Waals surface area contributed by atoms with Gasteiger partial charge in [0.2, 0.25) is 0 Å². The smallest absolute Gasteiger partial charge is 0.0952 e. The Balaban J connectivity index is 0.000000510. The van der Waals surface area contributed by atoms with Crippen LogP contribution in [0.25, 0.3) is 10.9 Å². The van der Waals surface area contributed by atoms with Crippen molar-refractivity contribution in [1.82, 2.24) is 10.2 Å². The summed E-state index contributed by atoms with van der Waals surface area (Å²) in [5.41, 5.74) is 4.80. The lowest BCUT2D eigenvalue weighted by atomic mass is 10.1. The molecule has 1 heterocycles. The Bertz CT molecular complexity index is 639. The number of para-hydroxylation sites is 1. The van der Waals surface area contributed by atoms with Gasteiger partial charge in [0, 0.05) is 17.5 Å². The Morgan fingerprint density at radius 2 is 1.52 bits per heavy atom. The van der Waals surface area contributed by atoms with E-state index in [9.17, 15) is 0 Å². The van der Waals surface area contributed by atoms with E-state index in [-0.39, 0.29) is 0 Å². The highest BCUT2D eigenvalue weighted by atomic mass is 15.1. The van der Waals surface area contributed by atoms with Crippen molar-refractivity contribution in [3.05, 3.63) is 65.4 Å². The lowest BCUT2D eigenvalue weighted by molar-refractivity contribution is 1.01. The quantitative estimate of drug-likeness (QED) is 0.659. The molecule has 0 aliphatic carbocycles. The molecule has 1 aromatic heterocycles. The van der Waals surface area contributed by atoms with Crippen LogP contribution in [0.1, 0.15) is 44.5 Å². The number of benzene rings is 2. The summed E-state index contributed by atoms with van der Waals surface area (Å²) in [5, 5.41) is 8.77. The fraction of sp³-hybridized carbons (Fsp3) is 0.316. The Morgan fingerprint density at radius 3 is 2.19 bits per heavy atom. The molecule has 0 unspecified atom stereocenters. The second-order valence-corrected chi connectivity index (χ2v) is 4.34. The number of nitrogens with zero attached hydrogens (tertiary/aromatic N) is 1. The van der Waals surface area contributed by atoms with E-state index >= 15 is 0 Å². The molecule has 0 saturated heterocycles. The largest absolute Gasteiger partial charge is 0.281 e. The summed E-state index contributed by atoms with van der Waals surface area (Å²) >= 11 is 0. The Labute approximate surface area is 128 Å². The van der Waals surface area contributed by atoms with Crippen LogP contribution in [-0.2, 0) is 6.42 Å². The monoisotopic (exact) mass is 282 g/mol. The minimum Gasteiger partial charge on any atom is -0.281 e. The van der Waals surface area contributed by atoms with Crippen LogP contribution in [0, 0.1) is 6.92 Å². The van der Waals surface area contributed by atoms with Crippen LogP contribution in [-0.4, -0.2) is 10.2 Å². The number of hydrogen-bond donors (Lipinski definition) is 1. The number of aromatic amines is 1. The maximum absolute atomic E-state index is 4.39. The zero-order chi connectivity index (χ0) is 15.7. The van der Waals surface area contributed by atoms with Crippen molar-refractivity contribution in [3.8, 4) is 0 Å². The molecule has 21 heavy (non-hydrogen) atoms. The minimum atomic E-state index is 0.904. The van der Waals surface area contributed by atoms with Crippen LogP contribution in [0.3, 0.4) is 0 Å². The molecule has 0 bridgehead atoms. The molecular formula is C19H26N2. The first-order chi connectivity index (χ1) is 10.3. The van der Waals surface area contributed by atoms with Crippen LogP contribution in [0.15, 0.2) is 48.5 Å². The van der Waals surface area contributed by atoms with E-state index in [0.29, 0.717) is 0 Å². The first-order valence-electron chi connectivity index (χ1n) is 7.81. The van der Waals surface area contributed by atoms with Gasteiger partial charge in [0.05, 0.1) is 5.52 Å². The van der Waals surface area contributed by atoms with Gasteiger partial charge in [-0.1, -0.05) is 76.2 Å². The van der Waals surface area contributed by atoms with Crippen molar-refractivity contribution in [1.29, 1.82) is 0 Å². The molecule has 0 spiro atoms. The number of hydrogen-bond acceptors (Lipinski definition) is 1. The summed E-state index contributed by atoms with van der Waals surface area (Å²) < 4.78 is 0. The van der Waals surface area contributed by atoms with E-state index in [2.05, 4.69) is 59.6 Å². The summed E-state index contributed by atoms with van der Waals surface area (Å²) in [6.45, 7) is 10.1. The SMILES string of the molecule is CC.CC.Cc1cccc2c(Cc3ccccc3)[nH]nc12. The van der Waals surface area contributed by atoms with Gasteiger partial charge in [-0.05, 0) is 18.1 Å². The van der Waals surface area contributed by atoms with E-state index in [1.165, 1.54) is 22.2 Å². The highest BCUT2D eigenvalue weighted by Gasteiger charge is 2.06. The lowest BCUT2D eigenvalue weighted by Crippen LogP contribution is -1.88. The normalized spacial score (nSPS) is 9.38. The third-order valence-corrected chi connectivity index (χ3v) is 3.09. The van der Waals surface area contributed by atoms with Crippen LogP contribution in [0.4, 0.5) is 0 Å². The molecule has 1 N–H and O–H groups in total. The third kappa shape index (κ3) is 4.19. The summed E-state index contributed by atoms with van der Waals surface area (Å²) in [6, 6.07) is 16.8. The van der Waals surface area contributed by atoms with Gasteiger partial charge in [-0.2, -0.15) is 5.10 Å². The van der Waals surface area contributed by atoms with Crippen molar-refractivity contribution in [3.63, 3.8) is 0 Å². The van der Waals surface area contributed by atoms with Gasteiger partial charge < -0.3 is 0 Å². The molecule has 0 radical (unpaired) electrons. The van der Waals surface area contributed by atoms with E-state index in [4.69, 9.17) is 0 Å². The standard InChI is InChI=1S/C15H14N2.2C2H6/c1-11-6-5-9-13-14(16-17-15(11)13)10-12-7-3-2-4-8-12;2*1-2/h2-9H,10H2,1H3,(H,16,17);2*1-2H3. The van der Waals surface area contributed by atoms with Gasteiger partial charge in [-0.15, -0.1) is 0 Å². The highest BCUT2D eigenvalue weighted by molar-refractivity contribution is 5.84. The average molecular weight is 282 g/mol. The van der Waals surface area contributed by atoms with Crippen LogP contribution >= 0.6 is 0 Å². The van der Waals surface area contributed by atoms with Gasteiger partial charge in [0.15, 0.2) is 0 Å². The Morgan fingerprint density at radius 1 is 0.857 bits per heavy atom. The van der Waals surface area contributed by atoms with Crippen molar-refractivity contribution in [2.75, 3.05) is 0 Å². The van der Waals surface area contributed by atoms with Gasteiger partial charge in [-0.3, -0.25) is 5.10 Å². The molecule has 2 nitrogen and oxygen atoms in total. The van der Waals surface area contributed by atoms with Crippen LogP contribution in [0.5, 0.6) is 0 Å². The molecule has 0 saturated carbocycles. The molecular weight excluding hydrogens is 256 g/mol. The first-order valence-corrected chi connectivity index (χ1v) is 7.81. The Hall–Kier alpha value is -2.09. The summed E-state index contributed by atoms with van der Waals surface area (Å²) in [4.78, 5) is 0.